The van der Waals surface area contributed by atoms with E-state index in [0.29, 0.717) is 28.7 Å². The fourth-order valence-electron chi connectivity index (χ4n) is 8.18. The molecule has 5 nitrogen and oxygen atoms in total. The second-order valence-electron chi connectivity index (χ2n) is 14.2. The van der Waals surface area contributed by atoms with Crippen LogP contribution < -0.4 is 0 Å². The Labute approximate surface area is 327 Å². The molecule has 0 aliphatic heterocycles. The Bertz CT molecular complexity index is 3240. The van der Waals surface area contributed by atoms with Gasteiger partial charge in [0, 0.05) is 43.9 Å². The summed E-state index contributed by atoms with van der Waals surface area (Å²) in [7, 11) is 0. The van der Waals surface area contributed by atoms with E-state index < -0.39 is 0 Å². The molecule has 57 heavy (non-hydrogen) atoms. The molecule has 0 fully saturated rings. The molecule has 0 N–H and O–H groups in total. The molecule has 8 aromatic carbocycles. The number of hydrogen-bond donors (Lipinski definition) is 0. The standard InChI is InChI=1S/C51H32FN5/c52-43-32-37(51-54-49(33-14-4-1-5-15-33)53-50(55-51)34-16-6-2-7-17-34)26-29-48(43)57-45-23-13-11-21-40(45)42-31-36(25-28-47(42)57)35-24-27-46-41(30-35)39-20-10-12-22-44(39)56(46)38-18-8-3-9-19-38/h1-32H. The first-order valence-corrected chi connectivity index (χ1v) is 19.0. The summed E-state index contributed by atoms with van der Waals surface area (Å²) in [5.41, 5.74) is 10.3. The summed E-state index contributed by atoms with van der Waals surface area (Å²) in [5, 5.41) is 4.51. The first-order valence-electron chi connectivity index (χ1n) is 19.0. The highest BCUT2D eigenvalue weighted by Gasteiger charge is 2.19. The van der Waals surface area contributed by atoms with Crippen molar-refractivity contribution < 1.29 is 4.39 Å². The second kappa shape index (κ2) is 13.3. The Hall–Kier alpha value is -7.70. The Morgan fingerprint density at radius 2 is 0.737 bits per heavy atom. The van der Waals surface area contributed by atoms with Crippen molar-refractivity contribution in [2.45, 2.75) is 0 Å². The van der Waals surface area contributed by atoms with Gasteiger partial charge < -0.3 is 9.13 Å². The van der Waals surface area contributed by atoms with Crippen LogP contribution in [0.4, 0.5) is 4.39 Å². The van der Waals surface area contributed by atoms with Gasteiger partial charge in [-0.1, -0.05) is 127 Å². The maximum atomic E-state index is 16.7. The van der Waals surface area contributed by atoms with E-state index in [-0.39, 0.29) is 5.82 Å². The molecule has 3 aromatic heterocycles. The molecule has 0 unspecified atom stereocenters. The molecule has 0 atom stereocenters. The monoisotopic (exact) mass is 733 g/mol. The normalized spacial score (nSPS) is 11.6. The van der Waals surface area contributed by atoms with Crippen LogP contribution >= 0.6 is 0 Å². The second-order valence-corrected chi connectivity index (χ2v) is 14.2. The van der Waals surface area contributed by atoms with E-state index in [1.54, 1.807) is 0 Å². The van der Waals surface area contributed by atoms with Crippen molar-refractivity contribution in [1.82, 2.24) is 24.1 Å². The van der Waals surface area contributed by atoms with Gasteiger partial charge in [0.15, 0.2) is 17.5 Å². The predicted molar refractivity (Wildman–Crippen MR) is 230 cm³/mol. The highest BCUT2D eigenvalue weighted by molar-refractivity contribution is 6.12. The fourth-order valence-corrected chi connectivity index (χ4v) is 8.18. The van der Waals surface area contributed by atoms with E-state index >= 15 is 4.39 Å². The molecule has 3 heterocycles. The number of hydrogen-bond acceptors (Lipinski definition) is 3. The van der Waals surface area contributed by atoms with Crippen LogP contribution in [0, 0.1) is 5.82 Å². The molecular weight excluding hydrogens is 702 g/mol. The van der Waals surface area contributed by atoms with Gasteiger partial charge in [0.25, 0.3) is 0 Å². The predicted octanol–water partition coefficient (Wildman–Crippen LogP) is 12.9. The average Bonchev–Trinajstić information content (AvgIpc) is 3.79. The molecule has 11 aromatic rings. The number of para-hydroxylation sites is 3. The third kappa shape index (κ3) is 5.49. The highest BCUT2D eigenvalue weighted by atomic mass is 19.1. The van der Waals surface area contributed by atoms with Crippen molar-refractivity contribution in [2.24, 2.45) is 0 Å². The number of fused-ring (bicyclic) bond motifs is 6. The van der Waals surface area contributed by atoms with Crippen molar-refractivity contribution in [3.8, 4) is 56.7 Å². The largest absolute Gasteiger partial charge is 0.309 e. The first kappa shape index (κ1) is 32.7. The quantitative estimate of drug-likeness (QED) is 0.171. The van der Waals surface area contributed by atoms with Gasteiger partial charge in [-0.05, 0) is 77.9 Å². The number of aromatic nitrogens is 5. The van der Waals surface area contributed by atoms with Crippen LogP contribution in [-0.4, -0.2) is 24.1 Å². The zero-order valence-electron chi connectivity index (χ0n) is 30.6. The molecule has 0 aliphatic rings. The molecule has 268 valence electrons. The minimum atomic E-state index is -0.373. The molecule has 6 heteroatoms. The van der Waals surface area contributed by atoms with E-state index in [9.17, 15) is 0 Å². The van der Waals surface area contributed by atoms with Gasteiger partial charge in [0.1, 0.15) is 5.82 Å². The maximum Gasteiger partial charge on any atom is 0.164 e. The maximum absolute atomic E-state index is 16.7. The Balaban J connectivity index is 1.03. The van der Waals surface area contributed by atoms with Gasteiger partial charge in [-0.15, -0.1) is 0 Å². The minimum Gasteiger partial charge on any atom is -0.309 e. The summed E-state index contributed by atoms with van der Waals surface area (Å²) < 4.78 is 21.0. The summed E-state index contributed by atoms with van der Waals surface area (Å²) >= 11 is 0. The highest BCUT2D eigenvalue weighted by Crippen LogP contribution is 2.39. The number of nitrogens with zero attached hydrogens (tertiary/aromatic N) is 5. The molecule has 11 rings (SSSR count). The zero-order chi connectivity index (χ0) is 37.9. The van der Waals surface area contributed by atoms with Crippen molar-refractivity contribution in [1.29, 1.82) is 0 Å². The number of benzene rings is 8. The van der Waals surface area contributed by atoms with Crippen LogP contribution in [0.3, 0.4) is 0 Å². The lowest BCUT2D eigenvalue weighted by Crippen LogP contribution is -2.02. The Morgan fingerprint density at radius 1 is 0.316 bits per heavy atom. The third-order valence-corrected chi connectivity index (χ3v) is 10.8. The van der Waals surface area contributed by atoms with Gasteiger partial charge in [-0.3, -0.25) is 0 Å². The molecule has 0 amide bonds. The van der Waals surface area contributed by atoms with Crippen LogP contribution in [-0.2, 0) is 0 Å². The molecule has 0 radical (unpaired) electrons. The van der Waals surface area contributed by atoms with E-state index in [4.69, 9.17) is 15.0 Å². The summed E-state index contributed by atoms with van der Waals surface area (Å²) in [6.45, 7) is 0. The summed E-state index contributed by atoms with van der Waals surface area (Å²) in [6, 6.07) is 65.3. The Kier molecular flexibility index (Phi) is 7.60. The van der Waals surface area contributed by atoms with Gasteiger partial charge in [0.2, 0.25) is 0 Å². The molecule has 0 spiro atoms. The van der Waals surface area contributed by atoms with Crippen molar-refractivity contribution in [3.05, 3.63) is 200 Å². The van der Waals surface area contributed by atoms with Crippen LogP contribution in [0.2, 0.25) is 0 Å². The summed E-state index contributed by atoms with van der Waals surface area (Å²) in [4.78, 5) is 14.5. The molecule has 0 saturated carbocycles. The van der Waals surface area contributed by atoms with Crippen molar-refractivity contribution in [2.75, 3.05) is 0 Å². The average molecular weight is 734 g/mol. The van der Waals surface area contributed by atoms with Crippen molar-refractivity contribution >= 4 is 43.6 Å². The molecule has 0 bridgehead atoms. The zero-order valence-corrected chi connectivity index (χ0v) is 30.6. The lowest BCUT2D eigenvalue weighted by Gasteiger charge is -2.12. The van der Waals surface area contributed by atoms with Crippen LogP contribution in [0.25, 0.3) is 100 Å². The molecular formula is C51H32FN5. The smallest absolute Gasteiger partial charge is 0.164 e. The van der Waals surface area contributed by atoms with Crippen LogP contribution in [0.1, 0.15) is 0 Å². The Morgan fingerprint density at radius 3 is 1.28 bits per heavy atom. The van der Waals surface area contributed by atoms with Gasteiger partial charge in [-0.2, -0.15) is 0 Å². The lowest BCUT2D eigenvalue weighted by atomic mass is 10.0. The van der Waals surface area contributed by atoms with Crippen LogP contribution in [0.15, 0.2) is 194 Å². The minimum absolute atomic E-state index is 0.373. The number of halogens is 1. The van der Waals surface area contributed by atoms with E-state index in [1.165, 1.54) is 22.4 Å². The molecule has 0 saturated heterocycles. The van der Waals surface area contributed by atoms with Gasteiger partial charge >= 0.3 is 0 Å². The van der Waals surface area contributed by atoms with Crippen LogP contribution in [0.5, 0.6) is 0 Å². The topological polar surface area (TPSA) is 48.5 Å². The van der Waals surface area contributed by atoms with Gasteiger partial charge in [-0.25, -0.2) is 19.3 Å². The lowest BCUT2D eigenvalue weighted by molar-refractivity contribution is 0.621. The SMILES string of the molecule is Fc1cc(-c2nc(-c3ccccc3)nc(-c3ccccc3)n2)ccc1-n1c2ccccc2c2cc(-c3ccc4c(c3)c3ccccc3n4-c3ccccc3)ccc21. The van der Waals surface area contributed by atoms with E-state index in [1.807, 2.05) is 95.6 Å². The van der Waals surface area contributed by atoms with E-state index in [2.05, 4.69) is 102 Å². The van der Waals surface area contributed by atoms with E-state index in [0.717, 1.165) is 55.3 Å². The van der Waals surface area contributed by atoms with Crippen molar-refractivity contribution in [3.63, 3.8) is 0 Å². The number of rotatable bonds is 6. The van der Waals surface area contributed by atoms with Gasteiger partial charge in [0.05, 0.1) is 27.8 Å². The summed E-state index contributed by atoms with van der Waals surface area (Å²) in [6.07, 6.45) is 0. The fraction of sp³-hybridized carbons (Fsp3) is 0. The molecule has 0 aliphatic carbocycles. The first-order chi connectivity index (χ1) is 28.2. The summed E-state index contributed by atoms with van der Waals surface area (Å²) in [5.74, 6) is 1.10. The third-order valence-electron chi connectivity index (χ3n) is 10.8.